The summed E-state index contributed by atoms with van der Waals surface area (Å²) in [4.78, 5) is 4.56. The third-order valence-corrected chi connectivity index (χ3v) is 3.34. The van der Waals surface area contributed by atoms with Crippen molar-refractivity contribution in [2.75, 3.05) is 0 Å². The molecule has 102 valence electrons. The molecule has 2 aromatic carbocycles. The van der Waals surface area contributed by atoms with Crippen LogP contribution in [0, 0.1) is 0 Å². The molecule has 3 rings (SSSR count). The molecule has 0 unspecified atom stereocenters. The van der Waals surface area contributed by atoms with Crippen LogP contribution < -0.4 is 0 Å². The molecular formula is C17H17NO2. The predicted octanol–water partition coefficient (Wildman–Crippen LogP) is 4.50. The first kappa shape index (κ1) is 12.7. The maximum Gasteiger partial charge on any atom is 0.226 e. The van der Waals surface area contributed by atoms with Crippen molar-refractivity contribution in [1.29, 1.82) is 0 Å². The number of aromatic nitrogens is 1. The van der Waals surface area contributed by atoms with E-state index in [1.54, 1.807) is 18.4 Å². The van der Waals surface area contributed by atoms with Crippen molar-refractivity contribution < 1.29 is 9.52 Å². The van der Waals surface area contributed by atoms with Gasteiger partial charge in [-0.25, -0.2) is 4.98 Å². The second-order valence-corrected chi connectivity index (χ2v) is 6.03. The second kappa shape index (κ2) is 4.37. The van der Waals surface area contributed by atoms with Crippen molar-refractivity contribution in [3.8, 4) is 17.2 Å². The van der Waals surface area contributed by atoms with Gasteiger partial charge in [0.1, 0.15) is 12.0 Å². The lowest BCUT2D eigenvalue weighted by Gasteiger charge is -2.12. The molecule has 0 atom stereocenters. The summed E-state index contributed by atoms with van der Waals surface area (Å²) in [6.45, 7) is 6.33. The van der Waals surface area contributed by atoms with Crippen molar-refractivity contribution in [2.24, 2.45) is 0 Å². The lowest BCUT2D eigenvalue weighted by atomic mass is 9.93. The number of benzene rings is 2. The molecule has 1 aromatic heterocycles. The van der Waals surface area contributed by atoms with Crippen molar-refractivity contribution in [1.82, 2.24) is 4.98 Å². The van der Waals surface area contributed by atoms with Crippen molar-refractivity contribution in [3.63, 3.8) is 0 Å². The number of hydrogen-bond acceptors (Lipinski definition) is 3. The molecule has 0 saturated carbocycles. The average Bonchev–Trinajstić information content (AvgIpc) is 2.87. The third-order valence-electron chi connectivity index (χ3n) is 3.34. The van der Waals surface area contributed by atoms with Crippen LogP contribution in [0.4, 0.5) is 0 Å². The van der Waals surface area contributed by atoms with Gasteiger partial charge in [0.2, 0.25) is 5.89 Å². The molecule has 3 heteroatoms. The smallest absolute Gasteiger partial charge is 0.226 e. The molecule has 0 fully saturated rings. The fourth-order valence-corrected chi connectivity index (χ4v) is 2.12. The number of hydrogen-bond donors (Lipinski definition) is 1. The van der Waals surface area contributed by atoms with Crippen molar-refractivity contribution in [2.45, 2.75) is 26.2 Å². The highest BCUT2D eigenvalue weighted by atomic mass is 16.3. The number of oxazole rings is 1. The van der Waals surface area contributed by atoms with Crippen LogP contribution in [0.1, 0.15) is 26.5 Å². The van der Waals surface area contributed by atoms with E-state index >= 15 is 0 Å². The van der Waals surface area contributed by atoms with Gasteiger partial charge in [0.15, 0.2) is 0 Å². The normalized spacial score (nSPS) is 11.9. The first-order valence-electron chi connectivity index (χ1n) is 6.63. The van der Waals surface area contributed by atoms with Gasteiger partial charge in [-0.3, -0.25) is 0 Å². The van der Waals surface area contributed by atoms with Gasteiger partial charge in [-0.15, -0.1) is 0 Å². The Hall–Kier alpha value is -2.29. The Kier molecular flexibility index (Phi) is 2.78. The van der Waals surface area contributed by atoms with Gasteiger partial charge in [0.05, 0.1) is 5.69 Å². The average molecular weight is 267 g/mol. The highest BCUT2D eigenvalue weighted by Crippen LogP contribution is 2.29. The van der Waals surface area contributed by atoms with Crippen LogP contribution in [0.25, 0.3) is 22.2 Å². The highest BCUT2D eigenvalue weighted by Gasteiger charge is 2.19. The summed E-state index contributed by atoms with van der Waals surface area (Å²) in [5, 5.41) is 11.5. The van der Waals surface area contributed by atoms with E-state index in [0.717, 1.165) is 22.0 Å². The SMILES string of the molecule is CC(C)(C)c1coc(-c2ccc3cc(O)ccc3c2)n1. The largest absolute Gasteiger partial charge is 0.508 e. The highest BCUT2D eigenvalue weighted by molar-refractivity contribution is 5.87. The monoisotopic (exact) mass is 267 g/mol. The van der Waals surface area contributed by atoms with E-state index in [9.17, 15) is 5.11 Å². The molecular weight excluding hydrogens is 250 g/mol. The van der Waals surface area contributed by atoms with Crippen LogP contribution in [-0.2, 0) is 5.41 Å². The van der Waals surface area contributed by atoms with Crippen LogP contribution in [0.15, 0.2) is 47.1 Å². The van der Waals surface area contributed by atoms with E-state index in [1.807, 2.05) is 24.3 Å². The number of rotatable bonds is 1. The van der Waals surface area contributed by atoms with E-state index < -0.39 is 0 Å². The summed E-state index contributed by atoms with van der Waals surface area (Å²) < 4.78 is 5.59. The lowest BCUT2D eigenvalue weighted by molar-refractivity contribution is 0.476. The Morgan fingerprint density at radius 3 is 2.40 bits per heavy atom. The van der Waals surface area contributed by atoms with Gasteiger partial charge >= 0.3 is 0 Å². The van der Waals surface area contributed by atoms with Gasteiger partial charge in [-0.2, -0.15) is 0 Å². The Bertz CT molecular complexity index is 766. The fraction of sp³-hybridized carbons (Fsp3) is 0.235. The Balaban J connectivity index is 2.06. The quantitative estimate of drug-likeness (QED) is 0.706. The molecule has 0 amide bonds. The summed E-state index contributed by atoms with van der Waals surface area (Å²) >= 11 is 0. The minimum absolute atomic E-state index is 0.0234. The summed E-state index contributed by atoms with van der Waals surface area (Å²) in [5.41, 5.74) is 1.86. The first-order valence-corrected chi connectivity index (χ1v) is 6.63. The summed E-state index contributed by atoms with van der Waals surface area (Å²) in [7, 11) is 0. The van der Waals surface area contributed by atoms with E-state index in [0.29, 0.717) is 5.89 Å². The molecule has 0 radical (unpaired) electrons. The van der Waals surface area contributed by atoms with Gasteiger partial charge in [-0.05, 0) is 35.0 Å². The predicted molar refractivity (Wildman–Crippen MR) is 79.8 cm³/mol. The summed E-state index contributed by atoms with van der Waals surface area (Å²) in [6, 6.07) is 11.3. The molecule has 1 heterocycles. The maximum atomic E-state index is 9.48. The lowest BCUT2D eigenvalue weighted by Crippen LogP contribution is -2.11. The molecule has 0 aliphatic rings. The zero-order valence-electron chi connectivity index (χ0n) is 11.8. The minimum atomic E-state index is -0.0234. The van der Waals surface area contributed by atoms with E-state index in [2.05, 4.69) is 25.8 Å². The number of phenolic OH excluding ortho intramolecular Hbond substituents is 1. The van der Waals surface area contributed by atoms with E-state index in [-0.39, 0.29) is 11.2 Å². The Morgan fingerprint density at radius 1 is 1.00 bits per heavy atom. The van der Waals surface area contributed by atoms with Gasteiger partial charge in [-0.1, -0.05) is 32.9 Å². The van der Waals surface area contributed by atoms with Crippen LogP contribution in [0.3, 0.4) is 0 Å². The summed E-state index contributed by atoms with van der Waals surface area (Å²) in [6.07, 6.45) is 1.72. The number of nitrogens with zero attached hydrogens (tertiary/aromatic N) is 1. The molecule has 0 saturated heterocycles. The molecule has 0 aliphatic carbocycles. The van der Waals surface area contributed by atoms with E-state index in [1.165, 1.54) is 0 Å². The molecule has 3 aromatic rings. The maximum absolute atomic E-state index is 9.48. The van der Waals surface area contributed by atoms with Crippen molar-refractivity contribution in [3.05, 3.63) is 48.4 Å². The minimum Gasteiger partial charge on any atom is -0.508 e. The molecule has 1 N–H and O–H groups in total. The topological polar surface area (TPSA) is 46.3 Å². The fourth-order valence-electron chi connectivity index (χ4n) is 2.12. The summed E-state index contributed by atoms with van der Waals surface area (Å²) in [5.74, 6) is 0.904. The molecule has 0 aliphatic heterocycles. The van der Waals surface area contributed by atoms with Crippen LogP contribution in [0.2, 0.25) is 0 Å². The molecule has 3 nitrogen and oxygen atoms in total. The molecule has 20 heavy (non-hydrogen) atoms. The van der Waals surface area contributed by atoms with Gasteiger partial charge < -0.3 is 9.52 Å². The number of fused-ring (bicyclic) bond motifs is 1. The van der Waals surface area contributed by atoms with Gasteiger partial charge in [0, 0.05) is 11.0 Å². The standard InChI is InChI=1S/C17H17NO2/c1-17(2,3)15-10-20-16(18-15)13-5-4-12-9-14(19)7-6-11(12)8-13/h4-10,19H,1-3H3. The van der Waals surface area contributed by atoms with E-state index in [4.69, 9.17) is 4.42 Å². The van der Waals surface area contributed by atoms with Crippen LogP contribution >= 0.6 is 0 Å². The first-order chi connectivity index (χ1) is 9.43. The number of aromatic hydroxyl groups is 1. The zero-order valence-corrected chi connectivity index (χ0v) is 11.8. The van der Waals surface area contributed by atoms with Crippen LogP contribution in [0.5, 0.6) is 5.75 Å². The van der Waals surface area contributed by atoms with Crippen LogP contribution in [-0.4, -0.2) is 10.1 Å². The number of phenols is 1. The Labute approximate surface area is 117 Å². The third kappa shape index (κ3) is 2.27. The Morgan fingerprint density at radius 2 is 1.70 bits per heavy atom. The second-order valence-electron chi connectivity index (χ2n) is 6.03. The van der Waals surface area contributed by atoms with Crippen molar-refractivity contribution >= 4 is 10.8 Å². The van der Waals surface area contributed by atoms with Gasteiger partial charge in [0.25, 0.3) is 0 Å². The molecule has 0 spiro atoms. The molecule has 0 bridgehead atoms. The zero-order chi connectivity index (χ0) is 14.3.